The maximum absolute atomic E-state index is 15.3. The van der Waals surface area contributed by atoms with Gasteiger partial charge in [-0.05, 0) is 92.9 Å². The lowest BCUT2D eigenvalue weighted by atomic mass is 9.97. The zero-order valence-electron chi connectivity index (χ0n) is 55.7. The van der Waals surface area contributed by atoms with E-state index in [2.05, 4.69) is 112 Å². The van der Waals surface area contributed by atoms with E-state index in [9.17, 15) is 19.5 Å². The van der Waals surface area contributed by atoms with E-state index in [0.717, 1.165) is 96.3 Å². The van der Waals surface area contributed by atoms with Gasteiger partial charge in [-0.15, -0.1) is 0 Å². The molecule has 482 valence electrons. The van der Waals surface area contributed by atoms with Crippen LogP contribution in [-0.2, 0) is 28.7 Å². The molecular formula is C66H131N9O7. The van der Waals surface area contributed by atoms with Crippen LogP contribution >= 0.6 is 0 Å². The number of rotatable bonds is 55. The number of nitrogens with zero attached hydrogens (tertiary/aromatic N) is 8. The molecule has 16 heteroatoms. The van der Waals surface area contributed by atoms with Gasteiger partial charge in [-0.3, -0.25) is 43.6 Å². The summed E-state index contributed by atoms with van der Waals surface area (Å²) in [7, 11) is 0. The minimum atomic E-state index is -1.03. The van der Waals surface area contributed by atoms with Gasteiger partial charge in [0, 0.05) is 83.1 Å². The Labute approximate surface area is 504 Å². The molecule has 0 saturated carbocycles. The van der Waals surface area contributed by atoms with Gasteiger partial charge in [-0.25, -0.2) is 0 Å². The number of hydrogen-bond acceptors (Lipinski definition) is 11. The molecule has 0 spiro atoms. The molecule has 0 radical (unpaired) electrons. The monoisotopic (exact) mass is 1160 g/mol. The van der Waals surface area contributed by atoms with Gasteiger partial charge < -0.3 is 35.2 Å². The maximum atomic E-state index is 15.3. The fraction of sp³-hybridized carbons (Fsp3) is 0.924. The fourth-order valence-electron chi connectivity index (χ4n) is 11.9. The fourth-order valence-corrected chi connectivity index (χ4v) is 11.9. The summed E-state index contributed by atoms with van der Waals surface area (Å²) in [6.45, 7) is 34.3. The highest BCUT2D eigenvalue weighted by Gasteiger charge is 2.52. The minimum absolute atomic E-state index is 0.0786. The van der Waals surface area contributed by atoms with E-state index in [4.69, 9.17) is 10.5 Å². The van der Waals surface area contributed by atoms with Crippen LogP contribution in [0.25, 0.3) is 0 Å². The number of carbonyl (C=O) groups excluding carboxylic acids is 5. The van der Waals surface area contributed by atoms with Crippen LogP contribution in [0, 0.1) is 11.8 Å². The van der Waals surface area contributed by atoms with Crippen molar-refractivity contribution in [2.45, 2.75) is 287 Å². The van der Waals surface area contributed by atoms with Crippen molar-refractivity contribution in [3.8, 4) is 0 Å². The van der Waals surface area contributed by atoms with Gasteiger partial charge in [-0.2, -0.15) is 0 Å². The van der Waals surface area contributed by atoms with Crippen molar-refractivity contribution in [3.05, 3.63) is 0 Å². The van der Waals surface area contributed by atoms with Crippen LogP contribution in [0.15, 0.2) is 0 Å². The first-order valence-electron chi connectivity index (χ1n) is 33.8. The zero-order valence-corrected chi connectivity index (χ0v) is 55.7. The summed E-state index contributed by atoms with van der Waals surface area (Å²) in [4.78, 5) is 85.6. The number of aliphatic hydroxyl groups excluding tert-OH is 1. The Balaban J connectivity index is 3.81. The molecule has 1 aliphatic rings. The van der Waals surface area contributed by atoms with Crippen molar-refractivity contribution < 1.29 is 33.8 Å². The van der Waals surface area contributed by atoms with Crippen LogP contribution in [0.1, 0.15) is 251 Å². The van der Waals surface area contributed by atoms with E-state index in [1.807, 2.05) is 9.80 Å². The first kappa shape index (κ1) is 77.1. The van der Waals surface area contributed by atoms with Crippen molar-refractivity contribution in [2.24, 2.45) is 17.6 Å². The molecule has 1 saturated heterocycles. The second kappa shape index (κ2) is 45.4. The van der Waals surface area contributed by atoms with Crippen molar-refractivity contribution in [2.75, 3.05) is 98.2 Å². The highest BCUT2D eigenvalue weighted by Crippen LogP contribution is 2.35. The second-order valence-corrected chi connectivity index (χ2v) is 25.7. The number of primary amides is 1. The number of unbranched alkanes of at least 4 members (excludes halogenated alkanes) is 16. The number of nitrogens with two attached hydrogens (primary N) is 1. The highest BCUT2D eigenvalue weighted by molar-refractivity contribution is 5.90. The number of hydrogen-bond donors (Lipinski definition) is 2. The maximum Gasteiger partial charge on any atom is 0.242 e. The van der Waals surface area contributed by atoms with E-state index >= 15 is 9.59 Å². The van der Waals surface area contributed by atoms with Gasteiger partial charge in [0.2, 0.25) is 30.0 Å². The lowest BCUT2D eigenvalue weighted by Gasteiger charge is -2.39. The zero-order chi connectivity index (χ0) is 61.5. The molecule has 1 rings (SSSR count). The van der Waals surface area contributed by atoms with E-state index in [-0.39, 0.29) is 93.6 Å². The van der Waals surface area contributed by atoms with Gasteiger partial charge in [0.15, 0.2) is 5.72 Å². The summed E-state index contributed by atoms with van der Waals surface area (Å²) in [6, 6.07) is 0.796. The van der Waals surface area contributed by atoms with Crippen LogP contribution in [0.5, 0.6) is 0 Å². The Bertz CT molecular complexity index is 1650. The Kier molecular flexibility index (Phi) is 42.7. The van der Waals surface area contributed by atoms with Crippen molar-refractivity contribution in [1.29, 1.82) is 0 Å². The van der Waals surface area contributed by atoms with Crippen LogP contribution in [0.2, 0.25) is 0 Å². The third-order valence-corrected chi connectivity index (χ3v) is 17.4. The van der Waals surface area contributed by atoms with Crippen LogP contribution < -0.4 is 5.73 Å². The van der Waals surface area contributed by atoms with Gasteiger partial charge >= 0.3 is 0 Å². The topological polar surface area (TPSA) is 170 Å². The third-order valence-electron chi connectivity index (χ3n) is 17.4. The molecule has 82 heavy (non-hydrogen) atoms. The quantitative estimate of drug-likeness (QED) is 0.0257. The molecule has 1 heterocycles. The van der Waals surface area contributed by atoms with Crippen LogP contribution in [-0.4, -0.2) is 209 Å². The van der Waals surface area contributed by atoms with Crippen molar-refractivity contribution >= 4 is 30.0 Å². The molecule has 0 aromatic carbocycles. The lowest BCUT2D eigenvalue weighted by Crippen LogP contribution is -2.56. The number of ether oxygens (including phenoxy) is 1. The van der Waals surface area contributed by atoms with Gasteiger partial charge in [0.25, 0.3) is 0 Å². The first-order chi connectivity index (χ1) is 39.2. The molecule has 4 atom stereocenters. The summed E-state index contributed by atoms with van der Waals surface area (Å²) >= 11 is 0. The van der Waals surface area contributed by atoms with Gasteiger partial charge in [0.1, 0.15) is 6.23 Å². The first-order valence-corrected chi connectivity index (χ1v) is 33.8. The number of epoxide rings is 1. The molecule has 5 amide bonds. The van der Waals surface area contributed by atoms with Crippen molar-refractivity contribution in [1.82, 2.24) is 39.2 Å². The SMILES string of the molecule is CCCCCCCCCCN(C=O)CC1(N(CC(CC)CCCC)CC(O)N(CCCCCCCCCC)CC(=O)N(CC(=O)N(CCN(C(C)C)C(C)C)CC(=O)N(CCN(C(C)C)C(C)C)CC(N)=O)CC(CC)CCCC)CO1. The Morgan fingerprint density at radius 2 is 0.878 bits per heavy atom. The molecule has 0 aromatic heterocycles. The molecule has 1 fully saturated rings. The third kappa shape index (κ3) is 32.6. The summed E-state index contributed by atoms with van der Waals surface area (Å²) < 4.78 is 6.42. The van der Waals surface area contributed by atoms with E-state index < -0.39 is 17.9 Å². The molecule has 1 aliphatic heterocycles. The van der Waals surface area contributed by atoms with Gasteiger partial charge in [0.05, 0.1) is 39.3 Å². The molecule has 0 aromatic rings. The summed E-state index contributed by atoms with van der Waals surface area (Å²) in [6.07, 6.45) is 26.3. The molecule has 3 N–H and O–H groups in total. The van der Waals surface area contributed by atoms with E-state index in [1.54, 1.807) is 9.80 Å². The lowest BCUT2D eigenvalue weighted by molar-refractivity contribution is -0.147. The average molecular weight is 1160 g/mol. The average Bonchev–Trinajstić information content (AvgIpc) is 4.35. The summed E-state index contributed by atoms with van der Waals surface area (Å²) in [5, 5.41) is 12.7. The molecule has 0 aliphatic carbocycles. The van der Waals surface area contributed by atoms with Crippen molar-refractivity contribution in [3.63, 3.8) is 0 Å². The minimum Gasteiger partial charge on any atom is -0.377 e. The standard InChI is InChI=1S/C66H131N9O7/c1-15-21-25-27-29-31-33-35-39-68(54-76)52-66(53-82-66)73(46-60(20-6)38-24-18-4)51-65(81)69(40-36-34-32-30-28-26-22-16-2)49-64(80)72(45-59(19-5)37-23-17-3)50-63(79)71(42-44-75(57(11)12)58(13)14)48-62(78)70(47-61(67)77)41-43-74(55(7)8)56(9)10/h54-60,65,81H,15-53H2,1-14H3,(H2,67,77). The normalized spacial score (nSPS) is 15.6. The Morgan fingerprint density at radius 3 is 1.28 bits per heavy atom. The second-order valence-electron chi connectivity index (χ2n) is 25.7. The molecule has 0 bridgehead atoms. The number of amides is 5. The van der Waals surface area contributed by atoms with Crippen LogP contribution in [0.4, 0.5) is 0 Å². The Morgan fingerprint density at radius 1 is 0.488 bits per heavy atom. The summed E-state index contributed by atoms with van der Waals surface area (Å²) in [5.74, 6) is -1.03. The molecule has 4 unspecified atom stereocenters. The van der Waals surface area contributed by atoms with E-state index in [1.165, 1.54) is 69.1 Å². The Hall–Kier alpha value is -2.89. The highest BCUT2D eigenvalue weighted by atomic mass is 16.6. The number of aliphatic hydroxyl groups is 1. The van der Waals surface area contributed by atoms with Crippen LogP contribution in [0.3, 0.4) is 0 Å². The predicted molar refractivity (Wildman–Crippen MR) is 340 cm³/mol. The largest absolute Gasteiger partial charge is 0.377 e. The summed E-state index contributed by atoms with van der Waals surface area (Å²) in [5.41, 5.74) is 5.05. The molecular weight excluding hydrogens is 1030 g/mol. The number of carbonyl (C=O) groups is 5. The predicted octanol–water partition coefficient (Wildman–Crippen LogP) is 11.0. The van der Waals surface area contributed by atoms with Gasteiger partial charge in [-0.1, -0.05) is 170 Å². The molecule has 16 nitrogen and oxygen atoms in total. The smallest absolute Gasteiger partial charge is 0.242 e. The van der Waals surface area contributed by atoms with E-state index in [0.29, 0.717) is 58.3 Å².